The molecule has 0 aliphatic rings. The average Bonchev–Trinajstić information content (AvgIpc) is 2.42. The quantitative estimate of drug-likeness (QED) is 0.784. The Bertz CT molecular complexity index is 677. The van der Waals surface area contributed by atoms with Crippen LogP contribution in [0.2, 0.25) is 10.0 Å². The zero-order valence-electron chi connectivity index (χ0n) is 10.9. The van der Waals surface area contributed by atoms with Gasteiger partial charge in [-0.05, 0) is 30.2 Å². The summed E-state index contributed by atoms with van der Waals surface area (Å²) in [5.41, 5.74) is 7.05. The van der Waals surface area contributed by atoms with Crippen LogP contribution in [-0.4, -0.2) is 22.6 Å². The summed E-state index contributed by atoms with van der Waals surface area (Å²) in [6.07, 6.45) is 1.92. The highest BCUT2D eigenvalue weighted by molar-refractivity contribution is 6.35. The van der Waals surface area contributed by atoms with Gasteiger partial charge in [0.2, 0.25) is 0 Å². The number of aromatic nitrogens is 1. The monoisotopic (exact) mass is 325 g/mol. The van der Waals surface area contributed by atoms with E-state index < -0.39 is 5.97 Å². The minimum atomic E-state index is -1.06. The molecule has 1 aromatic carbocycles. The van der Waals surface area contributed by atoms with Crippen LogP contribution in [0.4, 0.5) is 11.5 Å². The van der Waals surface area contributed by atoms with Crippen LogP contribution < -0.4 is 11.1 Å². The summed E-state index contributed by atoms with van der Waals surface area (Å²) >= 11 is 11.9. The summed E-state index contributed by atoms with van der Waals surface area (Å²) in [5, 5.41) is 13.1. The number of benzene rings is 1. The van der Waals surface area contributed by atoms with Gasteiger partial charge in [-0.2, -0.15) is 0 Å². The molecule has 0 radical (unpaired) electrons. The number of rotatable bonds is 5. The van der Waals surface area contributed by atoms with Gasteiger partial charge in [0.25, 0.3) is 0 Å². The van der Waals surface area contributed by atoms with E-state index in [9.17, 15) is 4.79 Å². The van der Waals surface area contributed by atoms with E-state index in [2.05, 4.69) is 10.3 Å². The van der Waals surface area contributed by atoms with Crippen molar-refractivity contribution in [2.45, 2.75) is 6.42 Å². The van der Waals surface area contributed by atoms with Gasteiger partial charge >= 0.3 is 5.97 Å². The molecular weight excluding hydrogens is 313 g/mol. The van der Waals surface area contributed by atoms with E-state index in [4.69, 9.17) is 34.0 Å². The second-order valence-electron chi connectivity index (χ2n) is 4.38. The Morgan fingerprint density at radius 3 is 2.71 bits per heavy atom. The van der Waals surface area contributed by atoms with Crippen LogP contribution >= 0.6 is 23.2 Å². The number of hydrogen-bond acceptors (Lipinski definition) is 4. The molecule has 0 aliphatic carbocycles. The van der Waals surface area contributed by atoms with Crippen LogP contribution in [0.1, 0.15) is 15.9 Å². The van der Waals surface area contributed by atoms with E-state index in [1.807, 2.05) is 6.07 Å². The second kappa shape index (κ2) is 6.65. The van der Waals surface area contributed by atoms with E-state index in [0.717, 1.165) is 5.56 Å². The SMILES string of the molecule is Nc1cc(C(=O)O)cnc1NCCc1ccc(Cl)cc1Cl. The molecule has 21 heavy (non-hydrogen) atoms. The Balaban J connectivity index is 1.99. The summed E-state index contributed by atoms with van der Waals surface area (Å²) in [6, 6.07) is 6.69. The van der Waals surface area contributed by atoms with Gasteiger partial charge in [0.05, 0.1) is 11.3 Å². The highest BCUT2D eigenvalue weighted by Crippen LogP contribution is 2.22. The van der Waals surface area contributed by atoms with Gasteiger partial charge in [-0.25, -0.2) is 9.78 Å². The lowest BCUT2D eigenvalue weighted by Crippen LogP contribution is -2.10. The molecule has 4 N–H and O–H groups in total. The normalized spacial score (nSPS) is 10.4. The van der Waals surface area contributed by atoms with Gasteiger partial charge in [-0.15, -0.1) is 0 Å². The van der Waals surface area contributed by atoms with Gasteiger partial charge in [-0.3, -0.25) is 0 Å². The number of hydrogen-bond donors (Lipinski definition) is 3. The third kappa shape index (κ3) is 4.00. The van der Waals surface area contributed by atoms with Crippen molar-refractivity contribution in [2.75, 3.05) is 17.6 Å². The molecule has 1 heterocycles. The summed E-state index contributed by atoms with van der Waals surface area (Å²) < 4.78 is 0. The third-order valence-corrected chi connectivity index (χ3v) is 3.45. The number of nitrogens with zero attached hydrogens (tertiary/aromatic N) is 1. The summed E-state index contributed by atoms with van der Waals surface area (Å²) in [6.45, 7) is 0.560. The van der Waals surface area contributed by atoms with Crippen molar-refractivity contribution < 1.29 is 9.90 Å². The van der Waals surface area contributed by atoms with Crippen molar-refractivity contribution in [1.82, 2.24) is 4.98 Å². The van der Waals surface area contributed by atoms with E-state index in [1.165, 1.54) is 12.3 Å². The number of anilines is 2. The minimum Gasteiger partial charge on any atom is -0.478 e. The standard InChI is InChI=1S/C14H13Cl2N3O2/c15-10-2-1-8(11(16)6-10)3-4-18-13-12(17)5-9(7-19-13)14(20)21/h1-2,5-7H,3-4,17H2,(H,18,19)(H,20,21). The number of nitrogens with two attached hydrogens (primary N) is 1. The molecule has 0 saturated carbocycles. The number of halogens is 2. The van der Waals surface area contributed by atoms with Crippen molar-refractivity contribution in [2.24, 2.45) is 0 Å². The first-order valence-corrected chi connectivity index (χ1v) is 6.89. The number of carbonyl (C=O) groups is 1. The van der Waals surface area contributed by atoms with Crippen molar-refractivity contribution >= 4 is 40.7 Å². The fraction of sp³-hybridized carbons (Fsp3) is 0.143. The van der Waals surface area contributed by atoms with Crippen LogP contribution in [0.5, 0.6) is 0 Å². The van der Waals surface area contributed by atoms with E-state index in [1.54, 1.807) is 12.1 Å². The van der Waals surface area contributed by atoms with Gasteiger partial charge in [0.15, 0.2) is 0 Å². The predicted octanol–water partition coefficient (Wildman–Crippen LogP) is 3.32. The molecule has 7 heteroatoms. The first-order chi connectivity index (χ1) is 9.97. The Hall–Kier alpha value is -1.98. The van der Waals surface area contributed by atoms with Gasteiger partial charge in [0.1, 0.15) is 5.82 Å². The molecular formula is C14H13Cl2N3O2. The van der Waals surface area contributed by atoms with E-state index in [0.29, 0.717) is 28.8 Å². The molecule has 2 aromatic rings. The predicted molar refractivity (Wildman–Crippen MR) is 84.3 cm³/mol. The lowest BCUT2D eigenvalue weighted by molar-refractivity contribution is 0.0696. The molecule has 0 bridgehead atoms. The molecule has 0 amide bonds. The lowest BCUT2D eigenvalue weighted by Gasteiger charge is -2.09. The molecule has 0 aliphatic heterocycles. The van der Waals surface area contributed by atoms with Crippen LogP contribution in [0, 0.1) is 0 Å². The first-order valence-electron chi connectivity index (χ1n) is 6.14. The molecule has 2 rings (SSSR count). The third-order valence-electron chi connectivity index (χ3n) is 2.87. The molecule has 110 valence electrons. The fourth-order valence-corrected chi connectivity index (χ4v) is 2.29. The zero-order chi connectivity index (χ0) is 15.4. The fourth-order valence-electron chi connectivity index (χ4n) is 1.79. The minimum absolute atomic E-state index is 0.0544. The van der Waals surface area contributed by atoms with Gasteiger partial charge in [0, 0.05) is 22.8 Å². The first kappa shape index (κ1) is 15.4. The highest BCUT2D eigenvalue weighted by atomic mass is 35.5. The Morgan fingerprint density at radius 2 is 2.10 bits per heavy atom. The topological polar surface area (TPSA) is 88.2 Å². The summed E-state index contributed by atoms with van der Waals surface area (Å²) in [7, 11) is 0. The van der Waals surface area contributed by atoms with E-state index in [-0.39, 0.29) is 11.3 Å². The molecule has 0 saturated heterocycles. The number of nitrogens with one attached hydrogen (secondary N) is 1. The number of aromatic carboxylic acids is 1. The Labute approximate surface area is 131 Å². The number of carboxylic acids is 1. The zero-order valence-corrected chi connectivity index (χ0v) is 12.4. The van der Waals surface area contributed by atoms with Crippen LogP contribution in [-0.2, 0) is 6.42 Å². The van der Waals surface area contributed by atoms with Crippen molar-refractivity contribution in [3.63, 3.8) is 0 Å². The number of carboxylic acid groups (broad SMARTS) is 1. The smallest absolute Gasteiger partial charge is 0.337 e. The molecule has 0 unspecified atom stereocenters. The van der Waals surface area contributed by atoms with E-state index >= 15 is 0 Å². The maximum absolute atomic E-state index is 10.8. The van der Waals surface area contributed by atoms with Crippen LogP contribution in [0.3, 0.4) is 0 Å². The number of pyridine rings is 1. The molecule has 5 nitrogen and oxygen atoms in total. The molecule has 0 atom stereocenters. The van der Waals surface area contributed by atoms with Crippen LogP contribution in [0.25, 0.3) is 0 Å². The maximum Gasteiger partial charge on any atom is 0.337 e. The Morgan fingerprint density at radius 1 is 1.33 bits per heavy atom. The lowest BCUT2D eigenvalue weighted by atomic mass is 10.1. The maximum atomic E-state index is 10.8. The molecule has 1 aromatic heterocycles. The summed E-state index contributed by atoms with van der Waals surface area (Å²) in [5.74, 6) is -0.612. The van der Waals surface area contributed by atoms with Gasteiger partial charge < -0.3 is 16.2 Å². The van der Waals surface area contributed by atoms with Gasteiger partial charge in [-0.1, -0.05) is 29.3 Å². The summed E-state index contributed by atoms with van der Waals surface area (Å²) in [4.78, 5) is 14.8. The van der Waals surface area contributed by atoms with Crippen molar-refractivity contribution in [3.05, 3.63) is 51.6 Å². The second-order valence-corrected chi connectivity index (χ2v) is 5.22. The van der Waals surface area contributed by atoms with Crippen molar-refractivity contribution in [3.8, 4) is 0 Å². The number of nitrogen functional groups attached to an aromatic ring is 1. The molecule has 0 fully saturated rings. The average molecular weight is 326 g/mol. The van der Waals surface area contributed by atoms with Crippen LogP contribution in [0.15, 0.2) is 30.5 Å². The highest BCUT2D eigenvalue weighted by Gasteiger charge is 2.08. The van der Waals surface area contributed by atoms with Crippen molar-refractivity contribution in [1.29, 1.82) is 0 Å². The molecule has 0 spiro atoms. The largest absolute Gasteiger partial charge is 0.478 e. The Kier molecular flexibility index (Phi) is 4.88.